The highest BCUT2D eigenvalue weighted by Crippen LogP contribution is 2.27. The monoisotopic (exact) mass is 296 g/mol. The van der Waals surface area contributed by atoms with Crippen molar-refractivity contribution in [3.8, 4) is 11.5 Å². The van der Waals surface area contributed by atoms with Crippen LogP contribution in [0.3, 0.4) is 0 Å². The van der Waals surface area contributed by atoms with E-state index < -0.39 is 0 Å². The van der Waals surface area contributed by atoms with E-state index in [9.17, 15) is 5.11 Å². The summed E-state index contributed by atoms with van der Waals surface area (Å²) in [5.41, 5.74) is 1.90. The molecular formula is C16H16N4O2. The molecule has 2 aromatic heterocycles. The molecule has 0 unspecified atom stereocenters. The molecule has 0 bridgehead atoms. The van der Waals surface area contributed by atoms with E-state index in [1.54, 1.807) is 22.7 Å². The molecular weight excluding hydrogens is 280 g/mol. The quantitative estimate of drug-likeness (QED) is 0.735. The molecule has 1 N–H and O–H groups in total. The lowest BCUT2D eigenvalue weighted by molar-refractivity contribution is 0.340. The van der Waals surface area contributed by atoms with Crippen LogP contribution >= 0.6 is 0 Å². The number of hydrogen-bond donors (Lipinski definition) is 1. The van der Waals surface area contributed by atoms with Crippen molar-refractivity contribution in [3.05, 3.63) is 48.3 Å². The van der Waals surface area contributed by atoms with Gasteiger partial charge in [0, 0.05) is 6.20 Å². The molecule has 1 aromatic carbocycles. The van der Waals surface area contributed by atoms with Gasteiger partial charge in [0.25, 0.3) is 0 Å². The first kappa shape index (κ1) is 14.1. The Morgan fingerprint density at radius 2 is 1.95 bits per heavy atom. The average molecular weight is 296 g/mol. The zero-order valence-electron chi connectivity index (χ0n) is 12.4. The summed E-state index contributed by atoms with van der Waals surface area (Å²) in [6.07, 6.45) is 1.79. The van der Waals surface area contributed by atoms with E-state index in [0.717, 1.165) is 11.4 Å². The van der Waals surface area contributed by atoms with Crippen LogP contribution in [-0.4, -0.2) is 21.1 Å². The van der Waals surface area contributed by atoms with Gasteiger partial charge in [-0.05, 0) is 50.2 Å². The van der Waals surface area contributed by atoms with Gasteiger partial charge in [-0.15, -0.1) is 10.2 Å². The SMILES string of the molecule is CCOc1ccc(N=Nc2c(C)nc3c(O)cccn23)cc1. The molecule has 6 nitrogen and oxygen atoms in total. The number of aromatic hydroxyl groups is 1. The number of benzene rings is 1. The van der Waals surface area contributed by atoms with Crippen LogP contribution in [0.1, 0.15) is 12.6 Å². The van der Waals surface area contributed by atoms with Gasteiger partial charge in [-0.1, -0.05) is 0 Å². The molecule has 3 rings (SSSR count). The molecule has 2 heterocycles. The number of nitrogens with zero attached hydrogens (tertiary/aromatic N) is 4. The van der Waals surface area contributed by atoms with Crippen molar-refractivity contribution < 1.29 is 9.84 Å². The zero-order chi connectivity index (χ0) is 15.5. The van der Waals surface area contributed by atoms with Crippen LogP contribution in [0.5, 0.6) is 11.5 Å². The summed E-state index contributed by atoms with van der Waals surface area (Å²) >= 11 is 0. The number of ether oxygens (including phenoxy) is 1. The number of imidazole rings is 1. The minimum atomic E-state index is 0.119. The summed E-state index contributed by atoms with van der Waals surface area (Å²) in [7, 11) is 0. The molecule has 22 heavy (non-hydrogen) atoms. The summed E-state index contributed by atoms with van der Waals surface area (Å²) in [5.74, 6) is 1.52. The molecule has 0 saturated heterocycles. The Morgan fingerprint density at radius 3 is 2.68 bits per heavy atom. The number of hydrogen-bond acceptors (Lipinski definition) is 5. The van der Waals surface area contributed by atoms with Crippen molar-refractivity contribution >= 4 is 17.2 Å². The third-order valence-electron chi connectivity index (χ3n) is 3.18. The Bertz CT molecular complexity index is 822. The number of azo groups is 1. The van der Waals surface area contributed by atoms with Crippen LogP contribution in [0.4, 0.5) is 11.5 Å². The van der Waals surface area contributed by atoms with Gasteiger partial charge in [0.2, 0.25) is 0 Å². The first-order chi connectivity index (χ1) is 10.7. The second-order valence-electron chi connectivity index (χ2n) is 4.73. The Morgan fingerprint density at radius 1 is 1.18 bits per heavy atom. The molecule has 3 aromatic rings. The van der Waals surface area contributed by atoms with Crippen molar-refractivity contribution in [2.24, 2.45) is 10.2 Å². The third kappa shape index (κ3) is 2.63. The number of aromatic nitrogens is 2. The fourth-order valence-electron chi connectivity index (χ4n) is 2.16. The molecule has 0 aliphatic heterocycles. The van der Waals surface area contributed by atoms with Gasteiger partial charge in [-0.2, -0.15) is 0 Å². The second kappa shape index (κ2) is 5.85. The van der Waals surface area contributed by atoms with Crippen molar-refractivity contribution in [3.63, 3.8) is 0 Å². The van der Waals surface area contributed by atoms with Gasteiger partial charge in [0.05, 0.1) is 18.0 Å². The first-order valence-corrected chi connectivity index (χ1v) is 7.00. The topological polar surface area (TPSA) is 71.5 Å². The minimum Gasteiger partial charge on any atom is -0.504 e. The highest BCUT2D eigenvalue weighted by Gasteiger charge is 2.10. The molecule has 0 spiro atoms. The van der Waals surface area contributed by atoms with Crippen molar-refractivity contribution in [1.82, 2.24) is 9.38 Å². The van der Waals surface area contributed by atoms with E-state index in [-0.39, 0.29) is 5.75 Å². The van der Waals surface area contributed by atoms with E-state index >= 15 is 0 Å². The molecule has 0 saturated carbocycles. The predicted octanol–water partition coefficient (Wildman–Crippen LogP) is 4.16. The first-order valence-electron chi connectivity index (χ1n) is 7.00. The summed E-state index contributed by atoms with van der Waals surface area (Å²) in [6.45, 7) is 4.40. The molecule has 0 aliphatic carbocycles. The highest BCUT2D eigenvalue weighted by molar-refractivity contribution is 5.59. The van der Waals surface area contributed by atoms with E-state index in [0.29, 0.717) is 23.8 Å². The maximum atomic E-state index is 9.81. The smallest absolute Gasteiger partial charge is 0.182 e. The van der Waals surface area contributed by atoms with Crippen LogP contribution in [0.2, 0.25) is 0 Å². The van der Waals surface area contributed by atoms with E-state index in [1.165, 1.54) is 0 Å². The van der Waals surface area contributed by atoms with Crippen molar-refractivity contribution in [2.75, 3.05) is 6.61 Å². The molecule has 0 atom stereocenters. The highest BCUT2D eigenvalue weighted by atomic mass is 16.5. The van der Waals surface area contributed by atoms with Gasteiger partial charge in [-0.25, -0.2) is 4.98 Å². The Hall–Kier alpha value is -2.89. The molecule has 0 aliphatic rings. The van der Waals surface area contributed by atoms with E-state index in [4.69, 9.17) is 4.74 Å². The van der Waals surface area contributed by atoms with Crippen LogP contribution < -0.4 is 4.74 Å². The van der Waals surface area contributed by atoms with Crippen LogP contribution in [0.25, 0.3) is 5.65 Å². The lowest BCUT2D eigenvalue weighted by Gasteiger charge is -2.01. The maximum absolute atomic E-state index is 9.81. The van der Waals surface area contributed by atoms with Gasteiger partial charge in [0.1, 0.15) is 5.75 Å². The summed E-state index contributed by atoms with van der Waals surface area (Å²) in [4.78, 5) is 4.30. The molecule has 6 heteroatoms. The standard InChI is InChI=1S/C16H16N4O2/c1-3-22-13-8-6-12(7-9-13)18-19-15-11(2)17-16-14(21)5-4-10-20(15)16/h4-10,21H,3H2,1-2H3. The lowest BCUT2D eigenvalue weighted by atomic mass is 10.3. The summed E-state index contributed by atoms with van der Waals surface area (Å²) in [5, 5.41) is 18.3. The van der Waals surface area contributed by atoms with E-state index in [2.05, 4.69) is 15.2 Å². The number of pyridine rings is 1. The molecule has 0 radical (unpaired) electrons. The fourth-order valence-corrected chi connectivity index (χ4v) is 2.16. The average Bonchev–Trinajstić information content (AvgIpc) is 2.84. The Kier molecular flexibility index (Phi) is 3.74. The van der Waals surface area contributed by atoms with Crippen LogP contribution in [-0.2, 0) is 0 Å². The van der Waals surface area contributed by atoms with Crippen molar-refractivity contribution in [2.45, 2.75) is 13.8 Å². The normalized spacial score (nSPS) is 11.4. The van der Waals surface area contributed by atoms with Crippen LogP contribution in [0, 0.1) is 6.92 Å². The molecule has 0 amide bonds. The molecule has 0 fully saturated rings. The summed E-state index contributed by atoms with van der Waals surface area (Å²) in [6, 6.07) is 10.7. The third-order valence-corrected chi connectivity index (χ3v) is 3.18. The number of aryl methyl sites for hydroxylation is 1. The van der Waals surface area contributed by atoms with Crippen LogP contribution in [0.15, 0.2) is 52.8 Å². The number of rotatable bonds is 4. The number of fused-ring (bicyclic) bond motifs is 1. The second-order valence-corrected chi connectivity index (χ2v) is 4.73. The van der Waals surface area contributed by atoms with Gasteiger partial charge in [0.15, 0.2) is 17.2 Å². The zero-order valence-corrected chi connectivity index (χ0v) is 12.4. The Labute approximate surface area is 127 Å². The lowest BCUT2D eigenvalue weighted by Crippen LogP contribution is -1.89. The summed E-state index contributed by atoms with van der Waals surface area (Å²) < 4.78 is 7.10. The molecule has 112 valence electrons. The van der Waals surface area contributed by atoms with Gasteiger partial charge >= 0.3 is 0 Å². The van der Waals surface area contributed by atoms with Gasteiger partial charge < -0.3 is 9.84 Å². The predicted molar refractivity (Wildman–Crippen MR) is 83.4 cm³/mol. The van der Waals surface area contributed by atoms with Gasteiger partial charge in [-0.3, -0.25) is 4.40 Å². The fraction of sp³-hybridized carbons (Fsp3) is 0.188. The minimum absolute atomic E-state index is 0.119. The Balaban J connectivity index is 1.92. The largest absolute Gasteiger partial charge is 0.504 e. The van der Waals surface area contributed by atoms with Crippen molar-refractivity contribution in [1.29, 1.82) is 0 Å². The van der Waals surface area contributed by atoms with E-state index in [1.807, 2.05) is 38.1 Å². The maximum Gasteiger partial charge on any atom is 0.182 e.